The van der Waals surface area contributed by atoms with Crippen molar-refractivity contribution in [2.75, 3.05) is 12.4 Å². The third kappa shape index (κ3) is 4.78. The van der Waals surface area contributed by atoms with Crippen molar-refractivity contribution in [2.45, 2.75) is 31.8 Å². The molecule has 0 atom stereocenters. The maximum atomic E-state index is 14.4. The molecule has 1 heterocycles. The van der Waals surface area contributed by atoms with E-state index in [1.807, 2.05) is 35.8 Å². The topological polar surface area (TPSA) is 57.0 Å². The van der Waals surface area contributed by atoms with Crippen molar-refractivity contribution in [2.24, 2.45) is 0 Å². The monoisotopic (exact) mass is 399 g/mol. The molecule has 7 heteroatoms. The average molecular weight is 399 g/mol. The molecule has 3 rings (SSSR count). The molecule has 5 nitrogen and oxygen atoms in total. The van der Waals surface area contributed by atoms with Crippen LogP contribution in [0.3, 0.4) is 0 Å². The van der Waals surface area contributed by atoms with Gasteiger partial charge in [-0.05, 0) is 44.5 Å². The summed E-state index contributed by atoms with van der Waals surface area (Å²) in [5.74, 6) is 0.590. The predicted molar refractivity (Wildman–Crippen MR) is 108 cm³/mol. The van der Waals surface area contributed by atoms with Crippen LogP contribution in [0.5, 0.6) is 0 Å². The Bertz CT molecular complexity index is 941. The lowest BCUT2D eigenvalue weighted by molar-refractivity contribution is -0.143. The molecule has 28 heavy (non-hydrogen) atoms. The molecule has 0 unspecified atom stereocenters. The highest BCUT2D eigenvalue weighted by atomic mass is 32.2. The van der Waals surface area contributed by atoms with Crippen molar-refractivity contribution < 1.29 is 13.9 Å². The number of aryl methyl sites for hydroxylation is 1. The summed E-state index contributed by atoms with van der Waals surface area (Å²) in [6, 6.07) is 14.5. The van der Waals surface area contributed by atoms with Gasteiger partial charge in [0.15, 0.2) is 11.0 Å². The number of ether oxygens (including phenoxy) is 1. The minimum Gasteiger partial charge on any atom is -0.466 e. The van der Waals surface area contributed by atoms with Gasteiger partial charge in [-0.15, -0.1) is 10.2 Å². The highest BCUT2D eigenvalue weighted by molar-refractivity contribution is 7.99. The van der Waals surface area contributed by atoms with E-state index >= 15 is 0 Å². The minimum absolute atomic E-state index is 0.199. The van der Waals surface area contributed by atoms with E-state index in [1.54, 1.807) is 25.1 Å². The third-order valence-electron chi connectivity index (χ3n) is 4.10. The SMILES string of the molecule is CCOC(=O)CCCSc1nnc(-c2ccccc2F)n1-c1ccc(C)cc1. The van der Waals surface area contributed by atoms with Gasteiger partial charge in [0.05, 0.1) is 12.2 Å². The van der Waals surface area contributed by atoms with Crippen molar-refractivity contribution in [1.82, 2.24) is 14.8 Å². The van der Waals surface area contributed by atoms with Crippen LogP contribution in [0.15, 0.2) is 53.7 Å². The van der Waals surface area contributed by atoms with Gasteiger partial charge in [0.2, 0.25) is 0 Å². The summed E-state index contributed by atoms with van der Waals surface area (Å²) in [7, 11) is 0. The molecule has 0 spiro atoms. The average Bonchev–Trinajstić information content (AvgIpc) is 3.10. The molecule has 0 fully saturated rings. The molecule has 0 bridgehead atoms. The number of nitrogens with zero attached hydrogens (tertiary/aromatic N) is 3. The highest BCUT2D eigenvalue weighted by Gasteiger charge is 2.18. The summed E-state index contributed by atoms with van der Waals surface area (Å²) in [5, 5.41) is 9.19. The van der Waals surface area contributed by atoms with Gasteiger partial charge in [-0.1, -0.05) is 41.6 Å². The minimum atomic E-state index is -0.345. The molecular weight excluding hydrogens is 377 g/mol. The second kappa shape index (κ2) is 9.50. The molecule has 0 aliphatic rings. The van der Waals surface area contributed by atoms with Crippen molar-refractivity contribution in [3.8, 4) is 17.1 Å². The second-order valence-electron chi connectivity index (χ2n) is 6.21. The maximum absolute atomic E-state index is 14.4. The van der Waals surface area contributed by atoms with Gasteiger partial charge < -0.3 is 4.74 Å². The highest BCUT2D eigenvalue weighted by Crippen LogP contribution is 2.29. The zero-order valence-electron chi connectivity index (χ0n) is 15.9. The summed E-state index contributed by atoms with van der Waals surface area (Å²) < 4.78 is 21.2. The molecule has 0 aliphatic carbocycles. The van der Waals surface area contributed by atoms with Gasteiger partial charge in [0.1, 0.15) is 5.82 Å². The van der Waals surface area contributed by atoms with Gasteiger partial charge in [0, 0.05) is 17.9 Å². The Hall–Kier alpha value is -2.67. The molecule has 0 saturated carbocycles. The Kier molecular flexibility index (Phi) is 6.81. The van der Waals surface area contributed by atoms with Crippen LogP contribution in [0.1, 0.15) is 25.3 Å². The number of carbonyl (C=O) groups excluding carboxylic acids is 1. The first-order valence-electron chi connectivity index (χ1n) is 9.16. The molecule has 2 aromatic carbocycles. The molecule has 0 radical (unpaired) electrons. The van der Waals surface area contributed by atoms with Crippen molar-refractivity contribution in [3.05, 3.63) is 59.9 Å². The van der Waals surface area contributed by atoms with Crippen LogP contribution >= 0.6 is 11.8 Å². The number of halogens is 1. The standard InChI is InChI=1S/C21H22FN3O2S/c1-3-27-19(26)9-6-14-28-21-24-23-20(17-7-4-5-8-18(17)22)25(21)16-12-10-15(2)11-13-16/h4-5,7-8,10-13H,3,6,9,14H2,1-2H3. The normalized spacial score (nSPS) is 10.8. The molecular formula is C21H22FN3O2S. The van der Waals surface area contributed by atoms with Crippen molar-refractivity contribution in [3.63, 3.8) is 0 Å². The predicted octanol–water partition coefficient (Wildman–Crippen LogP) is 4.82. The fraction of sp³-hybridized carbons (Fsp3) is 0.286. The zero-order chi connectivity index (χ0) is 19.9. The lowest BCUT2D eigenvalue weighted by Crippen LogP contribution is -2.04. The number of aromatic nitrogens is 3. The van der Waals surface area contributed by atoms with Crippen LogP contribution < -0.4 is 0 Å². The molecule has 3 aromatic rings. The van der Waals surface area contributed by atoms with E-state index in [2.05, 4.69) is 10.2 Å². The Morgan fingerprint density at radius 2 is 1.89 bits per heavy atom. The molecule has 0 N–H and O–H groups in total. The van der Waals surface area contributed by atoms with Crippen LogP contribution in [-0.2, 0) is 9.53 Å². The van der Waals surface area contributed by atoms with Crippen LogP contribution in [0.2, 0.25) is 0 Å². The molecule has 0 aliphatic heterocycles. The van der Waals surface area contributed by atoms with Crippen LogP contribution in [0.25, 0.3) is 17.1 Å². The Labute approximate surface area is 167 Å². The van der Waals surface area contributed by atoms with Gasteiger partial charge in [-0.25, -0.2) is 4.39 Å². The van der Waals surface area contributed by atoms with E-state index in [9.17, 15) is 9.18 Å². The number of hydrogen-bond donors (Lipinski definition) is 0. The summed E-state index contributed by atoms with van der Waals surface area (Å²) in [4.78, 5) is 11.5. The fourth-order valence-electron chi connectivity index (χ4n) is 2.72. The van der Waals surface area contributed by atoms with Crippen LogP contribution in [0.4, 0.5) is 4.39 Å². The van der Waals surface area contributed by atoms with E-state index in [1.165, 1.54) is 17.8 Å². The number of carbonyl (C=O) groups is 1. The molecule has 0 saturated heterocycles. The first-order chi connectivity index (χ1) is 13.6. The van der Waals surface area contributed by atoms with E-state index in [-0.39, 0.29) is 11.8 Å². The summed E-state index contributed by atoms with van der Waals surface area (Å²) in [6.07, 6.45) is 1.03. The first kappa shape index (κ1) is 20.1. The van der Waals surface area contributed by atoms with E-state index in [4.69, 9.17) is 4.74 Å². The van der Waals surface area contributed by atoms with E-state index < -0.39 is 0 Å². The first-order valence-corrected chi connectivity index (χ1v) is 10.1. The van der Waals surface area contributed by atoms with Crippen molar-refractivity contribution >= 4 is 17.7 Å². The number of benzene rings is 2. The largest absolute Gasteiger partial charge is 0.466 e. The number of thioether (sulfide) groups is 1. The van der Waals surface area contributed by atoms with Gasteiger partial charge in [-0.2, -0.15) is 0 Å². The lowest BCUT2D eigenvalue weighted by atomic mass is 10.2. The molecule has 1 aromatic heterocycles. The lowest BCUT2D eigenvalue weighted by Gasteiger charge is -2.11. The smallest absolute Gasteiger partial charge is 0.305 e. The Morgan fingerprint density at radius 1 is 1.14 bits per heavy atom. The van der Waals surface area contributed by atoms with Crippen LogP contribution in [-0.4, -0.2) is 33.1 Å². The second-order valence-corrected chi connectivity index (χ2v) is 7.28. The number of hydrogen-bond acceptors (Lipinski definition) is 5. The molecule has 0 amide bonds. The van der Waals surface area contributed by atoms with Gasteiger partial charge >= 0.3 is 5.97 Å². The maximum Gasteiger partial charge on any atom is 0.305 e. The van der Waals surface area contributed by atoms with Crippen LogP contribution in [0, 0.1) is 12.7 Å². The summed E-state index contributed by atoms with van der Waals surface area (Å²) in [6.45, 7) is 4.19. The third-order valence-corrected chi connectivity index (χ3v) is 5.12. The fourth-order valence-corrected chi connectivity index (χ4v) is 3.61. The van der Waals surface area contributed by atoms with Gasteiger partial charge in [-0.3, -0.25) is 9.36 Å². The Morgan fingerprint density at radius 3 is 2.61 bits per heavy atom. The summed E-state index contributed by atoms with van der Waals surface area (Å²) in [5.41, 5.74) is 2.39. The van der Waals surface area contributed by atoms with Gasteiger partial charge in [0.25, 0.3) is 0 Å². The Balaban J connectivity index is 1.87. The number of esters is 1. The molecule has 146 valence electrons. The number of rotatable bonds is 8. The quantitative estimate of drug-likeness (QED) is 0.309. The van der Waals surface area contributed by atoms with E-state index in [0.29, 0.717) is 41.7 Å². The van der Waals surface area contributed by atoms with Crippen molar-refractivity contribution in [1.29, 1.82) is 0 Å². The van der Waals surface area contributed by atoms with E-state index in [0.717, 1.165) is 11.3 Å². The summed E-state index contributed by atoms with van der Waals surface area (Å²) >= 11 is 1.49. The zero-order valence-corrected chi connectivity index (χ0v) is 16.7.